The molecular weight excluding hydrogens is 506 g/mol. The first-order valence-electron chi connectivity index (χ1n) is 12.3. The van der Waals surface area contributed by atoms with Crippen LogP contribution in [0.15, 0.2) is 71.6 Å². The fourth-order valence-electron chi connectivity index (χ4n) is 4.18. The van der Waals surface area contributed by atoms with Gasteiger partial charge in [0.25, 0.3) is 5.69 Å². The summed E-state index contributed by atoms with van der Waals surface area (Å²) >= 11 is 1.63. The number of para-hydroxylation sites is 1. The zero-order valence-corrected chi connectivity index (χ0v) is 22.5. The molecule has 1 heterocycles. The van der Waals surface area contributed by atoms with Crippen LogP contribution in [0.5, 0.6) is 17.2 Å². The highest BCUT2D eigenvalue weighted by molar-refractivity contribution is 8.00. The van der Waals surface area contributed by atoms with Crippen LogP contribution in [-0.4, -0.2) is 56.2 Å². The van der Waals surface area contributed by atoms with E-state index in [1.54, 1.807) is 42.8 Å². The van der Waals surface area contributed by atoms with E-state index >= 15 is 0 Å². The summed E-state index contributed by atoms with van der Waals surface area (Å²) in [6.45, 7) is 4.07. The number of nitro benzene ring substituents is 1. The van der Waals surface area contributed by atoms with Crippen LogP contribution in [-0.2, 0) is 4.79 Å². The lowest BCUT2D eigenvalue weighted by Crippen LogP contribution is -2.28. The summed E-state index contributed by atoms with van der Waals surface area (Å²) in [6.07, 6.45) is 0.800. The second kappa shape index (κ2) is 12.7. The Kier molecular flexibility index (Phi) is 9.09. The average molecular weight is 538 g/mol. The molecule has 10 heteroatoms. The second-order valence-corrected chi connectivity index (χ2v) is 9.96. The van der Waals surface area contributed by atoms with E-state index in [1.807, 2.05) is 49.5 Å². The minimum Gasteiger partial charge on any atom is -0.497 e. The van der Waals surface area contributed by atoms with Gasteiger partial charge in [0.1, 0.15) is 29.2 Å². The number of benzene rings is 3. The van der Waals surface area contributed by atoms with Gasteiger partial charge in [-0.1, -0.05) is 23.9 Å². The Bertz CT molecular complexity index is 1270. The van der Waals surface area contributed by atoms with Gasteiger partial charge in [-0.05, 0) is 55.9 Å². The van der Waals surface area contributed by atoms with E-state index in [0.29, 0.717) is 31.3 Å². The van der Waals surface area contributed by atoms with Crippen molar-refractivity contribution in [3.05, 3.63) is 82.4 Å². The average Bonchev–Trinajstić information content (AvgIpc) is 3.31. The molecule has 3 aromatic rings. The monoisotopic (exact) mass is 537 g/mol. The first-order valence-corrected chi connectivity index (χ1v) is 13.2. The number of hydrogen-bond donors (Lipinski definition) is 0. The number of hydrogen-bond acceptors (Lipinski definition) is 8. The molecular formula is C28H31N3O6S. The highest BCUT2D eigenvalue weighted by Gasteiger charge is 2.35. The van der Waals surface area contributed by atoms with E-state index in [4.69, 9.17) is 14.2 Å². The number of rotatable bonds is 12. The lowest BCUT2D eigenvalue weighted by molar-refractivity contribution is -0.384. The van der Waals surface area contributed by atoms with E-state index in [2.05, 4.69) is 4.90 Å². The number of non-ortho nitro benzene ring substituents is 1. The fourth-order valence-corrected chi connectivity index (χ4v) is 5.55. The molecule has 9 nitrogen and oxygen atoms in total. The number of nitrogens with zero attached hydrogens (tertiary/aromatic N) is 3. The van der Waals surface area contributed by atoms with E-state index in [1.165, 1.54) is 12.1 Å². The quantitative estimate of drug-likeness (QED) is 0.169. The number of anilines is 1. The largest absolute Gasteiger partial charge is 0.497 e. The summed E-state index contributed by atoms with van der Waals surface area (Å²) in [5.74, 6) is 2.01. The Labute approximate surface area is 226 Å². The van der Waals surface area contributed by atoms with E-state index in [-0.39, 0.29) is 17.0 Å². The van der Waals surface area contributed by atoms with Gasteiger partial charge in [-0.15, -0.1) is 0 Å². The zero-order chi connectivity index (χ0) is 27.1. The molecule has 0 saturated heterocycles. The third-order valence-electron chi connectivity index (χ3n) is 6.15. The molecule has 0 radical (unpaired) electrons. The van der Waals surface area contributed by atoms with Gasteiger partial charge in [0, 0.05) is 42.6 Å². The van der Waals surface area contributed by atoms with Gasteiger partial charge in [-0.3, -0.25) is 19.8 Å². The number of carbonyl (C=O) groups excluding carboxylic acids is 1. The molecule has 3 aromatic carbocycles. The maximum absolute atomic E-state index is 12.6. The number of likely N-dealkylation sites (N-methyl/N-ethyl adjacent to an activating group) is 1. The van der Waals surface area contributed by atoms with E-state index in [0.717, 1.165) is 34.9 Å². The van der Waals surface area contributed by atoms with Crippen molar-refractivity contribution in [3.8, 4) is 17.2 Å². The minimum absolute atomic E-state index is 0.0289. The van der Waals surface area contributed by atoms with Gasteiger partial charge in [0.15, 0.2) is 0 Å². The zero-order valence-electron chi connectivity index (χ0n) is 21.7. The normalized spacial score (nSPS) is 14.3. The van der Waals surface area contributed by atoms with Crippen molar-refractivity contribution in [1.29, 1.82) is 0 Å². The SMILES string of the molecule is COc1ccc(OCCCN(C)CCOc2ccc([N+](=O)[O-])cc2)c(C2Sc3ccccc3N2C(C)=O)c1. The molecule has 1 aliphatic rings. The fraction of sp³-hybridized carbons (Fsp3) is 0.321. The first-order chi connectivity index (χ1) is 18.4. The summed E-state index contributed by atoms with van der Waals surface area (Å²) in [6, 6.07) is 19.7. The molecule has 0 bridgehead atoms. The third-order valence-corrected chi connectivity index (χ3v) is 7.44. The third kappa shape index (κ3) is 6.56. The molecule has 0 N–H and O–H groups in total. The van der Waals surface area contributed by atoms with Crippen LogP contribution in [0.4, 0.5) is 11.4 Å². The molecule has 1 aliphatic heterocycles. The number of amides is 1. The molecule has 0 aromatic heterocycles. The number of nitro groups is 1. The van der Waals surface area contributed by atoms with Gasteiger partial charge >= 0.3 is 0 Å². The molecule has 0 fully saturated rings. The molecule has 4 rings (SSSR count). The first kappa shape index (κ1) is 27.3. The molecule has 1 atom stereocenters. The lowest BCUT2D eigenvalue weighted by atomic mass is 10.1. The van der Waals surface area contributed by atoms with E-state index < -0.39 is 4.92 Å². The summed E-state index contributed by atoms with van der Waals surface area (Å²) < 4.78 is 17.4. The van der Waals surface area contributed by atoms with Crippen LogP contribution in [0, 0.1) is 10.1 Å². The topological polar surface area (TPSA) is 94.4 Å². The van der Waals surface area contributed by atoms with Gasteiger partial charge in [0.05, 0.1) is 24.3 Å². The number of fused-ring (bicyclic) bond motifs is 1. The van der Waals surface area contributed by atoms with Crippen molar-refractivity contribution >= 4 is 29.0 Å². The lowest BCUT2D eigenvalue weighted by Gasteiger charge is -2.26. The molecule has 0 saturated carbocycles. The van der Waals surface area contributed by atoms with Crippen LogP contribution in [0.1, 0.15) is 24.3 Å². The Morgan fingerprint density at radius 3 is 2.47 bits per heavy atom. The molecule has 0 aliphatic carbocycles. The second-order valence-electron chi connectivity index (χ2n) is 8.84. The highest BCUT2D eigenvalue weighted by Crippen LogP contribution is 2.53. The van der Waals surface area contributed by atoms with Crippen molar-refractivity contribution in [2.75, 3.05) is 45.4 Å². The van der Waals surface area contributed by atoms with Crippen molar-refractivity contribution in [2.45, 2.75) is 23.6 Å². The summed E-state index contributed by atoms with van der Waals surface area (Å²) in [5, 5.41) is 10.5. The van der Waals surface area contributed by atoms with Gasteiger partial charge in [0.2, 0.25) is 5.91 Å². The summed E-state index contributed by atoms with van der Waals surface area (Å²) in [7, 11) is 3.63. The Hall–Kier alpha value is -3.76. The molecule has 38 heavy (non-hydrogen) atoms. The van der Waals surface area contributed by atoms with Crippen molar-refractivity contribution in [2.24, 2.45) is 0 Å². The summed E-state index contributed by atoms with van der Waals surface area (Å²) in [5.41, 5.74) is 1.84. The van der Waals surface area contributed by atoms with Crippen LogP contribution >= 0.6 is 11.8 Å². The number of ether oxygens (including phenoxy) is 3. The standard InChI is InChI=1S/C28H31N3O6S/c1-20(32)30-25-7-4-5-8-27(25)38-28(30)24-19-23(35-3)13-14-26(24)37-17-6-15-29(2)16-18-36-22-11-9-21(10-12-22)31(33)34/h4-5,7-14,19,28H,6,15-18H2,1-3H3. The number of methoxy groups -OCH3 is 1. The smallest absolute Gasteiger partial charge is 0.269 e. The number of thioether (sulfide) groups is 1. The van der Waals surface area contributed by atoms with Gasteiger partial charge in [-0.25, -0.2) is 0 Å². The molecule has 1 unspecified atom stereocenters. The van der Waals surface area contributed by atoms with Crippen LogP contribution in [0.3, 0.4) is 0 Å². The highest BCUT2D eigenvalue weighted by atomic mass is 32.2. The predicted octanol–water partition coefficient (Wildman–Crippen LogP) is 5.54. The van der Waals surface area contributed by atoms with Crippen LogP contribution < -0.4 is 19.1 Å². The van der Waals surface area contributed by atoms with Crippen LogP contribution in [0.2, 0.25) is 0 Å². The minimum atomic E-state index is -0.431. The predicted molar refractivity (Wildman–Crippen MR) is 147 cm³/mol. The molecule has 1 amide bonds. The Morgan fingerprint density at radius 2 is 1.76 bits per heavy atom. The van der Waals surface area contributed by atoms with Gasteiger partial charge in [-0.2, -0.15) is 0 Å². The maximum Gasteiger partial charge on any atom is 0.269 e. The van der Waals surface area contributed by atoms with Crippen molar-refractivity contribution in [3.63, 3.8) is 0 Å². The van der Waals surface area contributed by atoms with Crippen molar-refractivity contribution < 1.29 is 23.9 Å². The Morgan fingerprint density at radius 1 is 1.03 bits per heavy atom. The Balaban J connectivity index is 1.31. The summed E-state index contributed by atoms with van der Waals surface area (Å²) in [4.78, 5) is 27.9. The maximum atomic E-state index is 12.6. The molecule has 0 spiro atoms. The van der Waals surface area contributed by atoms with Crippen LogP contribution in [0.25, 0.3) is 0 Å². The molecule has 200 valence electrons. The number of carbonyl (C=O) groups is 1. The van der Waals surface area contributed by atoms with Crippen molar-refractivity contribution in [1.82, 2.24) is 4.90 Å². The van der Waals surface area contributed by atoms with E-state index in [9.17, 15) is 14.9 Å². The van der Waals surface area contributed by atoms with Gasteiger partial charge < -0.3 is 19.1 Å².